The number of nitrogens with zero attached hydrogens (tertiary/aromatic N) is 1. The molecule has 25 heavy (non-hydrogen) atoms. The first-order valence-corrected chi connectivity index (χ1v) is 9.31. The topological polar surface area (TPSA) is 65.1 Å². The molecular weight excluding hydrogens is 322 g/mol. The minimum absolute atomic E-state index is 0.385. The van der Waals surface area contributed by atoms with Crippen LogP contribution >= 0.6 is 0 Å². The molecule has 0 unspecified atom stereocenters. The predicted octanol–water partition coefficient (Wildman–Crippen LogP) is 2.71. The predicted molar refractivity (Wildman–Crippen MR) is 96.3 cm³/mol. The van der Waals surface area contributed by atoms with Crippen molar-refractivity contribution in [2.75, 3.05) is 39.5 Å². The van der Waals surface area contributed by atoms with E-state index in [-0.39, 0.29) is 0 Å². The minimum Gasteiger partial charge on any atom is -0.463 e. The van der Waals surface area contributed by atoms with E-state index in [0.717, 1.165) is 70.7 Å². The second-order valence-electron chi connectivity index (χ2n) is 6.90. The molecule has 0 atom stereocenters. The summed E-state index contributed by atoms with van der Waals surface area (Å²) in [5, 5.41) is 0. The van der Waals surface area contributed by atoms with Gasteiger partial charge in [0.2, 0.25) is 0 Å². The van der Waals surface area contributed by atoms with Crippen LogP contribution in [0.1, 0.15) is 52.9 Å². The number of rotatable bonds is 11. The third-order valence-corrected chi connectivity index (χ3v) is 4.30. The Balaban J connectivity index is 2.00. The maximum atomic E-state index is 11.6. The van der Waals surface area contributed by atoms with Crippen molar-refractivity contribution in [2.45, 2.75) is 58.5 Å². The van der Waals surface area contributed by atoms with E-state index in [1.807, 2.05) is 20.8 Å². The molecule has 0 radical (unpaired) electrons. The first-order valence-electron chi connectivity index (χ1n) is 9.31. The Hall–Kier alpha value is -1.40. The number of morpholine rings is 1. The fraction of sp³-hybridized carbons (Fsp3) is 0.789. The molecule has 0 saturated carbocycles. The summed E-state index contributed by atoms with van der Waals surface area (Å²) in [6.07, 6.45) is 7.14. The average molecular weight is 355 g/mol. The maximum absolute atomic E-state index is 11.6. The van der Waals surface area contributed by atoms with Gasteiger partial charge in [0.05, 0.1) is 19.8 Å². The van der Waals surface area contributed by atoms with E-state index in [9.17, 15) is 9.59 Å². The van der Waals surface area contributed by atoms with Gasteiger partial charge in [0.1, 0.15) is 5.60 Å². The molecule has 1 heterocycles. The van der Waals surface area contributed by atoms with E-state index >= 15 is 0 Å². The highest BCUT2D eigenvalue weighted by Gasteiger charge is 2.18. The van der Waals surface area contributed by atoms with Crippen molar-refractivity contribution >= 4 is 11.9 Å². The Labute approximate surface area is 151 Å². The van der Waals surface area contributed by atoms with Gasteiger partial charge in [-0.05, 0) is 39.7 Å². The summed E-state index contributed by atoms with van der Waals surface area (Å²) in [6, 6.07) is 0. The monoisotopic (exact) mass is 355 g/mol. The molecule has 0 aliphatic carbocycles. The normalized spacial score (nSPS) is 16.1. The van der Waals surface area contributed by atoms with Crippen molar-refractivity contribution in [2.24, 2.45) is 0 Å². The summed E-state index contributed by atoms with van der Waals surface area (Å²) in [5.41, 5.74) is -0.521. The van der Waals surface area contributed by atoms with Gasteiger partial charge in [0.15, 0.2) is 0 Å². The van der Waals surface area contributed by atoms with Crippen LogP contribution in [-0.4, -0.2) is 61.9 Å². The van der Waals surface area contributed by atoms with E-state index < -0.39 is 17.5 Å². The van der Waals surface area contributed by atoms with Crippen LogP contribution in [0.3, 0.4) is 0 Å². The van der Waals surface area contributed by atoms with Gasteiger partial charge in [-0.3, -0.25) is 4.90 Å². The minimum atomic E-state index is -0.521. The molecule has 1 aliphatic heterocycles. The van der Waals surface area contributed by atoms with Crippen molar-refractivity contribution in [3.05, 3.63) is 12.2 Å². The molecule has 0 aromatic rings. The number of unbranched alkanes of at least 4 members (excludes halogenated alkanes) is 3. The molecule has 0 N–H and O–H groups in total. The SMILES string of the molecule is CCC(C)(C)OC(=O)C=CC(=O)OCCCCCCN1CCOCC1. The van der Waals surface area contributed by atoms with Crippen molar-refractivity contribution in [1.82, 2.24) is 4.90 Å². The highest BCUT2D eigenvalue weighted by molar-refractivity contribution is 5.91. The van der Waals surface area contributed by atoms with Crippen LogP contribution in [0.2, 0.25) is 0 Å². The quantitative estimate of drug-likeness (QED) is 0.323. The Morgan fingerprint density at radius 3 is 2.36 bits per heavy atom. The molecule has 1 rings (SSSR count). The number of ether oxygens (including phenoxy) is 3. The molecule has 1 fully saturated rings. The first kappa shape index (κ1) is 21.6. The van der Waals surface area contributed by atoms with E-state index in [4.69, 9.17) is 14.2 Å². The molecule has 6 heteroatoms. The van der Waals surface area contributed by atoms with Crippen molar-refractivity contribution in [1.29, 1.82) is 0 Å². The Morgan fingerprint density at radius 2 is 1.68 bits per heavy atom. The number of hydrogen-bond donors (Lipinski definition) is 0. The molecule has 144 valence electrons. The molecular formula is C19H33NO5. The van der Waals surface area contributed by atoms with Crippen LogP contribution in [0, 0.1) is 0 Å². The summed E-state index contributed by atoms with van der Waals surface area (Å²) in [6.45, 7) is 10.8. The van der Waals surface area contributed by atoms with Crippen molar-refractivity contribution in [3.8, 4) is 0 Å². The average Bonchev–Trinajstić information content (AvgIpc) is 2.59. The van der Waals surface area contributed by atoms with Crippen molar-refractivity contribution < 1.29 is 23.8 Å². The zero-order chi connectivity index (χ0) is 18.5. The first-order chi connectivity index (χ1) is 11.9. The summed E-state index contributed by atoms with van der Waals surface area (Å²) >= 11 is 0. The lowest BCUT2D eigenvalue weighted by Gasteiger charge is -2.26. The largest absolute Gasteiger partial charge is 0.463 e. The number of esters is 2. The number of hydrogen-bond acceptors (Lipinski definition) is 6. The second kappa shape index (κ2) is 12.0. The Kier molecular flexibility index (Phi) is 10.4. The molecule has 0 aromatic heterocycles. The Morgan fingerprint density at radius 1 is 1.04 bits per heavy atom. The second-order valence-corrected chi connectivity index (χ2v) is 6.90. The Bertz CT molecular complexity index is 428. The van der Waals surface area contributed by atoms with Gasteiger partial charge < -0.3 is 14.2 Å². The van der Waals surface area contributed by atoms with Gasteiger partial charge in [-0.25, -0.2) is 9.59 Å². The van der Waals surface area contributed by atoms with E-state index in [1.54, 1.807) is 0 Å². The zero-order valence-electron chi connectivity index (χ0n) is 15.9. The van der Waals surface area contributed by atoms with Gasteiger partial charge in [-0.1, -0.05) is 19.8 Å². The molecule has 0 bridgehead atoms. The van der Waals surface area contributed by atoms with Gasteiger partial charge in [-0.2, -0.15) is 0 Å². The number of carbonyl (C=O) groups is 2. The van der Waals surface area contributed by atoms with Crippen LogP contribution in [-0.2, 0) is 23.8 Å². The lowest BCUT2D eigenvalue weighted by atomic mass is 10.1. The third-order valence-electron chi connectivity index (χ3n) is 4.30. The van der Waals surface area contributed by atoms with Gasteiger partial charge >= 0.3 is 11.9 Å². The van der Waals surface area contributed by atoms with Crippen molar-refractivity contribution in [3.63, 3.8) is 0 Å². The van der Waals surface area contributed by atoms with Gasteiger partial charge in [-0.15, -0.1) is 0 Å². The summed E-state index contributed by atoms with van der Waals surface area (Å²) in [7, 11) is 0. The summed E-state index contributed by atoms with van der Waals surface area (Å²) < 4.78 is 15.6. The van der Waals surface area contributed by atoms with Gasteiger partial charge in [0, 0.05) is 25.2 Å². The molecule has 0 spiro atoms. The highest BCUT2D eigenvalue weighted by Crippen LogP contribution is 2.13. The number of carbonyl (C=O) groups excluding carboxylic acids is 2. The highest BCUT2D eigenvalue weighted by atomic mass is 16.6. The van der Waals surface area contributed by atoms with E-state index in [0.29, 0.717) is 13.0 Å². The maximum Gasteiger partial charge on any atom is 0.331 e. The summed E-state index contributed by atoms with van der Waals surface area (Å²) in [4.78, 5) is 25.5. The van der Waals surface area contributed by atoms with Crippen LogP contribution < -0.4 is 0 Å². The van der Waals surface area contributed by atoms with E-state index in [2.05, 4.69) is 4.90 Å². The molecule has 6 nitrogen and oxygen atoms in total. The molecule has 0 amide bonds. The lowest BCUT2D eigenvalue weighted by Crippen LogP contribution is -2.36. The zero-order valence-corrected chi connectivity index (χ0v) is 15.9. The smallest absolute Gasteiger partial charge is 0.331 e. The third kappa shape index (κ3) is 10.9. The molecule has 0 aromatic carbocycles. The van der Waals surface area contributed by atoms with E-state index in [1.165, 1.54) is 0 Å². The van der Waals surface area contributed by atoms with Crippen LogP contribution in [0.4, 0.5) is 0 Å². The molecule has 1 aliphatic rings. The summed E-state index contributed by atoms with van der Waals surface area (Å²) in [5.74, 6) is -1.02. The van der Waals surface area contributed by atoms with Crippen LogP contribution in [0.15, 0.2) is 12.2 Å². The fourth-order valence-corrected chi connectivity index (χ4v) is 2.35. The molecule has 1 saturated heterocycles. The standard InChI is InChI=1S/C19H33NO5/c1-4-19(2,3)25-18(22)10-9-17(21)24-14-8-6-5-7-11-20-12-15-23-16-13-20/h9-10H,4-8,11-16H2,1-3H3. The lowest BCUT2D eigenvalue weighted by molar-refractivity contribution is -0.151. The van der Waals surface area contributed by atoms with Crippen LogP contribution in [0.5, 0.6) is 0 Å². The van der Waals surface area contributed by atoms with Crippen LogP contribution in [0.25, 0.3) is 0 Å². The fourth-order valence-electron chi connectivity index (χ4n) is 2.35. The van der Waals surface area contributed by atoms with Gasteiger partial charge in [0.25, 0.3) is 0 Å².